The fourth-order valence-corrected chi connectivity index (χ4v) is 3.24. The van der Waals surface area contributed by atoms with Crippen molar-refractivity contribution in [2.75, 3.05) is 11.9 Å². The van der Waals surface area contributed by atoms with Gasteiger partial charge in [-0.3, -0.25) is 4.98 Å². The van der Waals surface area contributed by atoms with Crippen molar-refractivity contribution in [2.24, 2.45) is 0 Å². The summed E-state index contributed by atoms with van der Waals surface area (Å²) in [5.74, 6) is 1.06. The molecule has 1 atom stereocenters. The summed E-state index contributed by atoms with van der Waals surface area (Å²) in [7, 11) is 0. The van der Waals surface area contributed by atoms with Crippen molar-refractivity contribution in [3.63, 3.8) is 0 Å². The molecule has 3 aromatic heterocycles. The van der Waals surface area contributed by atoms with Crippen LogP contribution in [0.25, 0.3) is 22.2 Å². The van der Waals surface area contributed by atoms with Crippen LogP contribution >= 0.6 is 0 Å². The summed E-state index contributed by atoms with van der Waals surface area (Å²) < 4.78 is 0. The van der Waals surface area contributed by atoms with E-state index in [0.29, 0.717) is 0 Å². The minimum absolute atomic E-state index is 0.262. The quantitative estimate of drug-likeness (QED) is 0.564. The number of nitrogens with one attached hydrogen (secondary N) is 1. The minimum atomic E-state index is 0.262. The van der Waals surface area contributed by atoms with Crippen molar-refractivity contribution in [1.29, 1.82) is 0 Å². The van der Waals surface area contributed by atoms with Gasteiger partial charge in [0.15, 0.2) is 0 Å². The van der Waals surface area contributed by atoms with Gasteiger partial charge in [-0.25, -0.2) is 19.9 Å². The Bertz CT molecular complexity index is 1110. The van der Waals surface area contributed by atoms with Gasteiger partial charge in [-0.15, -0.1) is 0 Å². The van der Waals surface area contributed by atoms with Crippen molar-refractivity contribution in [2.45, 2.75) is 26.7 Å². The second-order valence-electron chi connectivity index (χ2n) is 6.96. The van der Waals surface area contributed by atoms with E-state index in [4.69, 9.17) is 0 Å². The molecule has 4 aromatic rings. The van der Waals surface area contributed by atoms with Crippen LogP contribution in [0.1, 0.15) is 29.8 Å². The molecule has 6 nitrogen and oxygen atoms in total. The first kappa shape index (κ1) is 18.0. The molecule has 1 aromatic carbocycles. The molecular weight excluding hydrogens is 348 g/mol. The zero-order valence-electron chi connectivity index (χ0n) is 16.2. The number of fused-ring (bicyclic) bond motifs is 1. The highest BCUT2D eigenvalue weighted by molar-refractivity contribution is 5.84. The van der Waals surface area contributed by atoms with Crippen LogP contribution in [0.3, 0.4) is 0 Å². The second-order valence-corrected chi connectivity index (χ2v) is 6.96. The summed E-state index contributed by atoms with van der Waals surface area (Å²) in [4.78, 5) is 21.9. The van der Waals surface area contributed by atoms with Crippen molar-refractivity contribution >= 4 is 16.7 Å². The van der Waals surface area contributed by atoms with E-state index in [2.05, 4.69) is 55.4 Å². The average Bonchev–Trinajstić information content (AvgIpc) is 2.73. The predicted molar refractivity (Wildman–Crippen MR) is 111 cm³/mol. The first-order valence-corrected chi connectivity index (χ1v) is 9.31. The number of para-hydroxylation sites is 1. The molecule has 0 aliphatic heterocycles. The smallest absolute Gasteiger partial charge is 0.129 e. The van der Waals surface area contributed by atoms with Crippen LogP contribution < -0.4 is 5.32 Å². The summed E-state index contributed by atoms with van der Waals surface area (Å²) in [6.07, 6.45) is 5.05. The highest BCUT2D eigenvalue weighted by Crippen LogP contribution is 2.25. The number of aryl methyl sites for hydroxylation is 2. The van der Waals surface area contributed by atoms with Gasteiger partial charge in [0, 0.05) is 47.1 Å². The van der Waals surface area contributed by atoms with E-state index >= 15 is 0 Å². The third kappa shape index (κ3) is 3.67. The minimum Gasteiger partial charge on any atom is -0.369 e. The third-order valence-corrected chi connectivity index (χ3v) is 4.89. The predicted octanol–water partition coefficient (Wildman–Crippen LogP) is 4.31. The number of rotatable bonds is 5. The van der Waals surface area contributed by atoms with Gasteiger partial charge in [0.1, 0.15) is 18.5 Å². The molecule has 0 bridgehead atoms. The number of hydrogen-bond acceptors (Lipinski definition) is 6. The van der Waals surface area contributed by atoms with Crippen LogP contribution in [0.15, 0.2) is 55.2 Å². The third-order valence-electron chi connectivity index (χ3n) is 4.89. The van der Waals surface area contributed by atoms with Crippen LogP contribution in [0.4, 0.5) is 5.82 Å². The molecule has 0 saturated carbocycles. The van der Waals surface area contributed by atoms with E-state index in [0.717, 1.165) is 45.9 Å². The normalized spacial score (nSPS) is 12.1. The second kappa shape index (κ2) is 7.68. The van der Waals surface area contributed by atoms with Crippen LogP contribution in [0.2, 0.25) is 0 Å². The maximum Gasteiger partial charge on any atom is 0.129 e. The monoisotopic (exact) mass is 370 g/mol. The van der Waals surface area contributed by atoms with Gasteiger partial charge in [0.25, 0.3) is 0 Å². The van der Waals surface area contributed by atoms with Crippen LogP contribution in [-0.4, -0.2) is 31.5 Å². The van der Waals surface area contributed by atoms with Crippen LogP contribution in [-0.2, 0) is 0 Å². The Morgan fingerprint density at radius 3 is 2.61 bits per heavy atom. The topological polar surface area (TPSA) is 76.5 Å². The molecule has 1 N–H and O–H groups in total. The molecule has 6 heteroatoms. The molecule has 1 unspecified atom stereocenters. The van der Waals surface area contributed by atoms with E-state index in [1.165, 1.54) is 5.56 Å². The van der Waals surface area contributed by atoms with Crippen molar-refractivity contribution < 1.29 is 0 Å². The molecular formula is C22H22N6. The maximum absolute atomic E-state index is 4.51. The largest absolute Gasteiger partial charge is 0.369 e. The summed E-state index contributed by atoms with van der Waals surface area (Å²) >= 11 is 0. The Labute approximate surface area is 164 Å². The van der Waals surface area contributed by atoms with Gasteiger partial charge >= 0.3 is 0 Å². The molecule has 0 saturated heterocycles. The molecule has 0 fully saturated rings. The molecule has 140 valence electrons. The summed E-state index contributed by atoms with van der Waals surface area (Å²) in [6.45, 7) is 6.91. The highest BCUT2D eigenvalue weighted by Gasteiger charge is 2.12. The lowest BCUT2D eigenvalue weighted by atomic mass is 9.97. The van der Waals surface area contributed by atoms with Gasteiger partial charge in [0.2, 0.25) is 0 Å². The van der Waals surface area contributed by atoms with E-state index < -0.39 is 0 Å². The van der Waals surface area contributed by atoms with E-state index in [1.54, 1.807) is 12.7 Å². The van der Waals surface area contributed by atoms with Gasteiger partial charge in [-0.1, -0.05) is 25.1 Å². The fourth-order valence-electron chi connectivity index (χ4n) is 3.24. The van der Waals surface area contributed by atoms with Crippen LogP contribution in [0, 0.1) is 13.8 Å². The van der Waals surface area contributed by atoms with Crippen molar-refractivity contribution in [3.8, 4) is 11.3 Å². The lowest BCUT2D eigenvalue weighted by molar-refractivity contribution is 0.805. The van der Waals surface area contributed by atoms with Crippen molar-refractivity contribution in [1.82, 2.24) is 24.9 Å². The Morgan fingerprint density at radius 2 is 1.79 bits per heavy atom. The lowest BCUT2D eigenvalue weighted by Gasteiger charge is -2.16. The summed E-state index contributed by atoms with van der Waals surface area (Å²) in [6, 6.07) is 12.2. The van der Waals surface area contributed by atoms with E-state index in [1.807, 2.05) is 38.2 Å². The molecule has 0 aliphatic rings. The zero-order valence-corrected chi connectivity index (χ0v) is 16.2. The summed E-state index contributed by atoms with van der Waals surface area (Å²) in [5.41, 5.74) is 6.03. The molecule has 28 heavy (non-hydrogen) atoms. The Hall–Kier alpha value is -3.41. The highest BCUT2D eigenvalue weighted by atomic mass is 15.0. The molecule has 4 rings (SSSR count). The fraction of sp³-hybridized carbons (Fsp3) is 0.227. The molecule has 0 spiro atoms. The number of pyridine rings is 1. The van der Waals surface area contributed by atoms with Gasteiger partial charge < -0.3 is 5.32 Å². The average molecular weight is 370 g/mol. The maximum atomic E-state index is 4.51. The number of hydrogen-bond donors (Lipinski definition) is 1. The number of nitrogens with zero attached hydrogens (tertiary/aromatic N) is 5. The first-order valence-electron chi connectivity index (χ1n) is 9.31. The Morgan fingerprint density at radius 1 is 0.929 bits per heavy atom. The van der Waals surface area contributed by atoms with Gasteiger partial charge in [0.05, 0.1) is 11.2 Å². The molecule has 0 radical (unpaired) electrons. The first-order chi connectivity index (χ1) is 13.6. The number of aromatic nitrogens is 5. The van der Waals surface area contributed by atoms with Gasteiger partial charge in [-0.05, 0) is 31.5 Å². The molecule has 0 aliphatic carbocycles. The van der Waals surface area contributed by atoms with E-state index in [-0.39, 0.29) is 5.92 Å². The Balaban J connectivity index is 1.53. The molecule has 0 amide bonds. The summed E-state index contributed by atoms with van der Waals surface area (Å²) in [5, 5.41) is 4.53. The SMILES string of the molecule is Cc1ccc(-c2cc(NCC(C)c3cccc4c(C)ncnc34)ncn2)cn1. The lowest BCUT2D eigenvalue weighted by Crippen LogP contribution is -2.12. The number of benzene rings is 1. The number of anilines is 1. The standard InChI is InChI=1S/C22H22N6/c1-14(18-5-4-6-19-16(3)25-12-28-22(18)19)10-24-21-9-20(26-13-27-21)17-8-7-15(2)23-11-17/h4-9,11-14H,10H2,1-3H3,(H,24,26,27). The van der Waals surface area contributed by atoms with E-state index in [9.17, 15) is 0 Å². The molecule has 3 heterocycles. The Kier molecular flexibility index (Phi) is 4.93. The van der Waals surface area contributed by atoms with Crippen LogP contribution in [0.5, 0.6) is 0 Å². The van der Waals surface area contributed by atoms with Gasteiger partial charge in [-0.2, -0.15) is 0 Å². The van der Waals surface area contributed by atoms with Crippen molar-refractivity contribution in [3.05, 3.63) is 72.2 Å². The zero-order chi connectivity index (χ0) is 19.5.